The number of carbonyl (C=O) groups excluding carboxylic acids is 2. The number of phosphoric acid groups is 1. The Morgan fingerprint density at radius 1 is 0.525 bits per heavy atom. The van der Waals surface area contributed by atoms with E-state index in [1.54, 1.807) is 0 Å². The second kappa shape index (κ2) is 44.0. The lowest BCUT2D eigenvalue weighted by Gasteiger charge is -2.19. The summed E-state index contributed by atoms with van der Waals surface area (Å²) >= 11 is 0. The molecule has 0 saturated heterocycles. The molecule has 0 aliphatic heterocycles. The highest BCUT2D eigenvalue weighted by molar-refractivity contribution is 7.47. The highest BCUT2D eigenvalue weighted by Crippen LogP contribution is 2.43. The Balaban J connectivity index is 4.37. The molecule has 10 heteroatoms. The van der Waals surface area contributed by atoms with Crippen molar-refractivity contribution in [2.75, 3.05) is 26.4 Å². The lowest BCUT2D eigenvalue weighted by Crippen LogP contribution is -2.29. The summed E-state index contributed by atoms with van der Waals surface area (Å²) in [6, 6.07) is 0. The summed E-state index contributed by atoms with van der Waals surface area (Å²) in [6.07, 6.45) is 59.6. The summed E-state index contributed by atoms with van der Waals surface area (Å²) in [7, 11) is -4.41. The van der Waals surface area contributed by atoms with E-state index in [1.807, 2.05) is 12.2 Å². The van der Waals surface area contributed by atoms with E-state index in [2.05, 4.69) is 123 Å². The summed E-state index contributed by atoms with van der Waals surface area (Å²) in [5.74, 6) is -0.977. The van der Waals surface area contributed by atoms with E-state index in [-0.39, 0.29) is 32.6 Å². The fraction of sp³-hybridized carbons (Fsp3) is 0.551. The molecule has 0 saturated carbocycles. The summed E-state index contributed by atoms with van der Waals surface area (Å²) < 4.78 is 32.7. The van der Waals surface area contributed by atoms with Crippen LogP contribution in [0.1, 0.15) is 142 Å². The highest BCUT2D eigenvalue weighted by Gasteiger charge is 2.25. The Kier molecular flexibility index (Phi) is 41.3. The van der Waals surface area contributed by atoms with Gasteiger partial charge in [-0.3, -0.25) is 18.6 Å². The van der Waals surface area contributed by atoms with E-state index in [1.165, 1.54) is 25.7 Å². The van der Waals surface area contributed by atoms with Crippen molar-refractivity contribution in [1.29, 1.82) is 0 Å². The zero-order chi connectivity index (χ0) is 43.2. The molecule has 0 amide bonds. The van der Waals surface area contributed by atoms with Crippen molar-refractivity contribution in [3.8, 4) is 0 Å². The van der Waals surface area contributed by atoms with Gasteiger partial charge in [0.1, 0.15) is 6.61 Å². The molecule has 0 aromatic heterocycles. The summed E-state index contributed by atoms with van der Waals surface area (Å²) in [5.41, 5.74) is 5.34. The quantitative estimate of drug-likeness (QED) is 0.0268. The number of allylic oxidation sites excluding steroid dienone is 20. The van der Waals surface area contributed by atoms with Gasteiger partial charge in [0, 0.05) is 19.4 Å². The maximum Gasteiger partial charge on any atom is 0.472 e. The molecule has 0 aromatic rings. The Labute approximate surface area is 358 Å². The van der Waals surface area contributed by atoms with Crippen LogP contribution in [0, 0.1) is 0 Å². The number of phosphoric ester groups is 1. The summed E-state index contributed by atoms with van der Waals surface area (Å²) in [4.78, 5) is 34.9. The molecular weight excluding hydrogens is 762 g/mol. The van der Waals surface area contributed by atoms with Crippen LogP contribution in [0.15, 0.2) is 122 Å². The van der Waals surface area contributed by atoms with Gasteiger partial charge in [0.05, 0.1) is 13.2 Å². The monoisotopic (exact) mass is 840 g/mol. The van der Waals surface area contributed by atoms with Crippen LogP contribution < -0.4 is 5.73 Å². The molecule has 3 N–H and O–H groups in total. The smallest absolute Gasteiger partial charge is 0.462 e. The molecule has 0 bridgehead atoms. The van der Waals surface area contributed by atoms with Crippen LogP contribution in [-0.4, -0.2) is 49.3 Å². The predicted molar refractivity (Wildman–Crippen MR) is 247 cm³/mol. The molecule has 0 spiro atoms. The number of nitrogens with two attached hydrogens (primary N) is 1. The third kappa shape index (κ3) is 43.8. The van der Waals surface area contributed by atoms with E-state index < -0.39 is 32.5 Å². The first-order chi connectivity index (χ1) is 28.8. The van der Waals surface area contributed by atoms with Gasteiger partial charge in [0.25, 0.3) is 0 Å². The number of hydrogen-bond acceptors (Lipinski definition) is 8. The van der Waals surface area contributed by atoms with Crippen molar-refractivity contribution in [2.24, 2.45) is 5.73 Å². The van der Waals surface area contributed by atoms with Crippen LogP contribution in [0.25, 0.3) is 0 Å². The molecule has 0 radical (unpaired) electrons. The van der Waals surface area contributed by atoms with Gasteiger partial charge in [0.15, 0.2) is 6.10 Å². The molecule has 1 unspecified atom stereocenters. The summed E-state index contributed by atoms with van der Waals surface area (Å²) in [6.45, 7) is 3.43. The standard InChI is InChI=1S/C49H78NO8P/c1-3-5-7-9-11-13-15-17-19-21-23-25-27-29-31-33-35-37-39-41-48(51)55-45-47(46-57-59(53,54)56-44-43-50)58-49(52)42-40-38-36-34-32-30-28-26-24-22-20-18-16-14-12-10-8-6-4-2/h5,7,11-14,17-20,23-26,29-32,35,37,47H,3-4,6,8-10,15-16,21-22,27-28,33-34,36,38-46,50H2,1-2H3,(H,53,54)/t47-/m1/s1. The number of esters is 2. The fourth-order valence-electron chi connectivity index (χ4n) is 5.11. The Morgan fingerprint density at radius 2 is 0.966 bits per heavy atom. The second-order valence-corrected chi connectivity index (χ2v) is 15.3. The Morgan fingerprint density at radius 3 is 1.42 bits per heavy atom. The first-order valence-electron chi connectivity index (χ1n) is 22.0. The zero-order valence-electron chi connectivity index (χ0n) is 36.4. The highest BCUT2D eigenvalue weighted by atomic mass is 31.2. The molecule has 0 aliphatic carbocycles. The van der Waals surface area contributed by atoms with E-state index in [0.717, 1.165) is 77.0 Å². The van der Waals surface area contributed by atoms with Gasteiger partial charge >= 0.3 is 19.8 Å². The molecule has 0 fully saturated rings. The van der Waals surface area contributed by atoms with Crippen LogP contribution in [-0.2, 0) is 32.7 Å². The van der Waals surface area contributed by atoms with Crippen molar-refractivity contribution >= 4 is 19.8 Å². The maximum atomic E-state index is 12.6. The van der Waals surface area contributed by atoms with Gasteiger partial charge in [-0.05, 0) is 96.3 Å². The van der Waals surface area contributed by atoms with Crippen LogP contribution in [0.4, 0.5) is 0 Å². The average Bonchev–Trinajstić information content (AvgIpc) is 3.22. The normalized spacial score (nSPS) is 14.4. The number of rotatable bonds is 39. The topological polar surface area (TPSA) is 134 Å². The molecular formula is C49H78NO8P. The number of unbranched alkanes of at least 4 members (excludes halogenated alkanes) is 6. The minimum atomic E-state index is -4.41. The van der Waals surface area contributed by atoms with Crippen LogP contribution in [0.2, 0.25) is 0 Å². The van der Waals surface area contributed by atoms with Gasteiger partial charge in [-0.25, -0.2) is 4.57 Å². The number of carbonyl (C=O) groups is 2. The van der Waals surface area contributed by atoms with Crippen LogP contribution >= 0.6 is 7.82 Å². The SMILES string of the molecule is CCC=CCC=CCC=CCC=CCC=CCC=CCCC(=O)OC[C@H](COP(=O)(O)OCCN)OC(=O)CCCCCC=CCC=CCC=CCC=CCCCCC. The van der Waals surface area contributed by atoms with Crippen LogP contribution in [0.5, 0.6) is 0 Å². The third-order valence-electron chi connectivity index (χ3n) is 8.35. The third-order valence-corrected chi connectivity index (χ3v) is 9.33. The molecule has 0 aromatic carbocycles. The summed E-state index contributed by atoms with van der Waals surface area (Å²) in [5, 5.41) is 0. The first-order valence-corrected chi connectivity index (χ1v) is 23.5. The van der Waals surface area contributed by atoms with E-state index in [4.69, 9.17) is 24.3 Å². The van der Waals surface area contributed by atoms with Gasteiger partial charge in [0.2, 0.25) is 0 Å². The number of ether oxygens (including phenoxy) is 2. The lowest BCUT2D eigenvalue weighted by atomic mass is 10.1. The predicted octanol–water partition coefficient (Wildman–Crippen LogP) is 12.9. The van der Waals surface area contributed by atoms with Gasteiger partial charge < -0.3 is 20.1 Å². The minimum absolute atomic E-state index is 0.0309. The average molecular weight is 840 g/mol. The maximum absolute atomic E-state index is 12.6. The minimum Gasteiger partial charge on any atom is -0.462 e. The Hall–Kier alpha value is -3.59. The van der Waals surface area contributed by atoms with Gasteiger partial charge in [-0.1, -0.05) is 155 Å². The van der Waals surface area contributed by atoms with Crippen molar-refractivity contribution in [3.63, 3.8) is 0 Å². The van der Waals surface area contributed by atoms with Gasteiger partial charge in [-0.2, -0.15) is 0 Å². The molecule has 2 atom stereocenters. The van der Waals surface area contributed by atoms with Gasteiger partial charge in [-0.15, -0.1) is 0 Å². The Bertz CT molecular complexity index is 1370. The largest absolute Gasteiger partial charge is 0.472 e. The molecule has 9 nitrogen and oxygen atoms in total. The molecule has 0 rings (SSSR count). The number of hydrogen-bond donors (Lipinski definition) is 2. The van der Waals surface area contributed by atoms with Crippen molar-refractivity contribution in [2.45, 2.75) is 148 Å². The lowest BCUT2D eigenvalue weighted by molar-refractivity contribution is -0.161. The van der Waals surface area contributed by atoms with E-state index in [9.17, 15) is 19.0 Å². The van der Waals surface area contributed by atoms with E-state index in [0.29, 0.717) is 12.8 Å². The van der Waals surface area contributed by atoms with Crippen molar-refractivity contribution in [1.82, 2.24) is 0 Å². The molecule has 332 valence electrons. The zero-order valence-corrected chi connectivity index (χ0v) is 37.3. The molecule has 59 heavy (non-hydrogen) atoms. The van der Waals surface area contributed by atoms with Crippen molar-refractivity contribution in [3.05, 3.63) is 122 Å². The fourth-order valence-corrected chi connectivity index (χ4v) is 5.88. The van der Waals surface area contributed by atoms with Crippen molar-refractivity contribution < 1.29 is 37.6 Å². The van der Waals surface area contributed by atoms with Crippen LogP contribution in [0.3, 0.4) is 0 Å². The van der Waals surface area contributed by atoms with E-state index >= 15 is 0 Å². The molecule has 0 heterocycles. The second-order valence-electron chi connectivity index (χ2n) is 13.8. The molecule has 0 aliphatic rings. The first kappa shape index (κ1) is 55.4.